The summed E-state index contributed by atoms with van der Waals surface area (Å²) < 4.78 is 42.3. The standard InChI is InChI=1S/C29H33ClFN3O4S/c1-20(2)17-32-29(36)22(4)33(18-23-10-8-9-21(3)15-23)28(35)19-34(24-13-14-27(31)26(30)16-24)39(37,38)25-11-6-5-7-12-25/h5-16,20,22H,17-19H2,1-4H3,(H,32,36). The Bertz CT molecular complexity index is 1420. The number of halogens is 2. The molecule has 0 bridgehead atoms. The predicted octanol–water partition coefficient (Wildman–Crippen LogP) is 5.17. The van der Waals surface area contributed by atoms with Crippen LogP contribution in [0, 0.1) is 18.7 Å². The van der Waals surface area contributed by atoms with E-state index >= 15 is 0 Å². The number of hydrogen-bond acceptors (Lipinski definition) is 4. The monoisotopic (exact) mass is 573 g/mol. The number of sulfonamides is 1. The molecule has 10 heteroatoms. The molecule has 1 unspecified atom stereocenters. The van der Waals surface area contributed by atoms with Gasteiger partial charge in [0.15, 0.2) is 0 Å². The minimum absolute atomic E-state index is 0.0195. The number of nitrogens with zero attached hydrogens (tertiary/aromatic N) is 2. The number of carbonyl (C=O) groups excluding carboxylic acids is 2. The number of hydrogen-bond donors (Lipinski definition) is 1. The lowest BCUT2D eigenvalue weighted by atomic mass is 10.1. The Balaban J connectivity index is 2.03. The molecule has 1 atom stereocenters. The van der Waals surface area contributed by atoms with Gasteiger partial charge in [-0.25, -0.2) is 12.8 Å². The molecule has 3 aromatic rings. The van der Waals surface area contributed by atoms with E-state index < -0.39 is 34.3 Å². The summed E-state index contributed by atoms with van der Waals surface area (Å²) in [4.78, 5) is 28.2. The first kappa shape index (κ1) is 30.1. The van der Waals surface area contributed by atoms with E-state index in [4.69, 9.17) is 11.6 Å². The molecule has 0 aliphatic rings. The Morgan fingerprint density at radius 3 is 2.28 bits per heavy atom. The van der Waals surface area contributed by atoms with Crippen LogP contribution in [0.25, 0.3) is 0 Å². The topological polar surface area (TPSA) is 86.8 Å². The van der Waals surface area contributed by atoms with Crippen molar-refractivity contribution >= 4 is 39.1 Å². The fourth-order valence-corrected chi connectivity index (χ4v) is 5.53. The molecule has 208 valence electrons. The van der Waals surface area contributed by atoms with E-state index in [1.165, 1.54) is 23.1 Å². The van der Waals surface area contributed by atoms with Gasteiger partial charge in [0.25, 0.3) is 10.0 Å². The van der Waals surface area contributed by atoms with Crippen molar-refractivity contribution in [3.63, 3.8) is 0 Å². The van der Waals surface area contributed by atoms with Crippen LogP contribution >= 0.6 is 11.6 Å². The van der Waals surface area contributed by atoms with Crippen molar-refractivity contribution in [2.75, 3.05) is 17.4 Å². The lowest BCUT2D eigenvalue weighted by Gasteiger charge is -2.32. The third kappa shape index (κ3) is 7.80. The molecule has 1 N–H and O–H groups in total. The first-order chi connectivity index (χ1) is 18.4. The normalized spacial score (nSPS) is 12.2. The van der Waals surface area contributed by atoms with Crippen molar-refractivity contribution < 1.29 is 22.4 Å². The Hall–Kier alpha value is -3.43. The van der Waals surface area contributed by atoms with Crippen LogP contribution in [0.3, 0.4) is 0 Å². The summed E-state index contributed by atoms with van der Waals surface area (Å²) in [5.41, 5.74) is 1.78. The van der Waals surface area contributed by atoms with Crippen molar-refractivity contribution in [3.05, 3.63) is 94.8 Å². The molecule has 0 aliphatic carbocycles. The maximum absolute atomic E-state index is 14.0. The quantitative estimate of drug-likeness (QED) is 0.343. The Morgan fingerprint density at radius 2 is 1.67 bits per heavy atom. The van der Waals surface area contributed by atoms with Crippen molar-refractivity contribution in [1.29, 1.82) is 0 Å². The molecular weight excluding hydrogens is 541 g/mol. The van der Waals surface area contributed by atoms with Crippen LogP contribution in [-0.4, -0.2) is 44.3 Å². The molecule has 39 heavy (non-hydrogen) atoms. The van der Waals surface area contributed by atoms with E-state index in [9.17, 15) is 22.4 Å². The average molecular weight is 574 g/mol. The molecule has 0 radical (unpaired) electrons. The van der Waals surface area contributed by atoms with E-state index in [1.54, 1.807) is 25.1 Å². The van der Waals surface area contributed by atoms with Gasteiger partial charge in [0, 0.05) is 13.1 Å². The van der Waals surface area contributed by atoms with Gasteiger partial charge in [-0.2, -0.15) is 0 Å². The molecule has 7 nitrogen and oxygen atoms in total. The summed E-state index contributed by atoms with van der Waals surface area (Å²) in [5.74, 6) is -1.48. The Kier molecular flexibility index (Phi) is 10.1. The van der Waals surface area contributed by atoms with Crippen molar-refractivity contribution in [1.82, 2.24) is 10.2 Å². The van der Waals surface area contributed by atoms with Crippen molar-refractivity contribution in [2.45, 2.75) is 45.2 Å². The number of benzene rings is 3. The van der Waals surface area contributed by atoms with E-state index in [2.05, 4.69) is 5.32 Å². The first-order valence-corrected chi connectivity index (χ1v) is 14.4. The number of aryl methyl sites for hydroxylation is 1. The van der Waals surface area contributed by atoms with Gasteiger partial charge in [-0.15, -0.1) is 0 Å². The van der Waals surface area contributed by atoms with Gasteiger partial charge in [0.1, 0.15) is 18.4 Å². The summed E-state index contributed by atoms with van der Waals surface area (Å²) >= 11 is 5.98. The maximum atomic E-state index is 14.0. The Labute approximate surface area is 234 Å². The lowest BCUT2D eigenvalue weighted by molar-refractivity contribution is -0.139. The number of nitrogens with one attached hydrogen (secondary N) is 1. The molecule has 2 amide bonds. The van der Waals surface area contributed by atoms with Gasteiger partial charge in [-0.3, -0.25) is 13.9 Å². The third-order valence-electron chi connectivity index (χ3n) is 6.09. The molecule has 0 saturated carbocycles. The second-order valence-electron chi connectivity index (χ2n) is 9.75. The Morgan fingerprint density at radius 1 is 0.974 bits per heavy atom. The molecule has 0 spiro atoms. The summed E-state index contributed by atoms with van der Waals surface area (Å²) in [6.45, 7) is 7.32. The summed E-state index contributed by atoms with van der Waals surface area (Å²) in [7, 11) is -4.26. The van der Waals surface area contributed by atoms with E-state index in [0.29, 0.717) is 6.54 Å². The highest BCUT2D eigenvalue weighted by Gasteiger charge is 2.32. The molecule has 0 saturated heterocycles. The molecule has 0 aliphatic heterocycles. The van der Waals surface area contributed by atoms with Crippen LogP contribution in [0.4, 0.5) is 10.1 Å². The zero-order valence-electron chi connectivity index (χ0n) is 22.4. The highest BCUT2D eigenvalue weighted by atomic mass is 35.5. The number of carbonyl (C=O) groups is 2. The average Bonchev–Trinajstić information content (AvgIpc) is 2.90. The van der Waals surface area contributed by atoms with Crippen LogP contribution in [-0.2, 0) is 26.2 Å². The number of anilines is 1. The van der Waals surface area contributed by atoms with E-state index in [-0.39, 0.29) is 34.0 Å². The lowest BCUT2D eigenvalue weighted by Crippen LogP contribution is -2.51. The van der Waals surface area contributed by atoms with Crippen molar-refractivity contribution in [2.24, 2.45) is 5.92 Å². The number of amides is 2. The molecule has 3 rings (SSSR count). The van der Waals surface area contributed by atoms with Gasteiger partial charge < -0.3 is 10.2 Å². The molecule has 3 aromatic carbocycles. The zero-order chi connectivity index (χ0) is 28.7. The minimum Gasteiger partial charge on any atom is -0.354 e. The SMILES string of the molecule is Cc1cccc(CN(C(=O)CN(c2ccc(F)c(Cl)c2)S(=O)(=O)c2ccccc2)C(C)C(=O)NCC(C)C)c1. The van der Waals surface area contributed by atoms with Crippen LogP contribution in [0.5, 0.6) is 0 Å². The highest BCUT2D eigenvalue weighted by molar-refractivity contribution is 7.92. The fourth-order valence-electron chi connectivity index (χ4n) is 3.93. The van der Waals surface area contributed by atoms with Crippen LogP contribution in [0.1, 0.15) is 31.9 Å². The minimum atomic E-state index is -4.26. The van der Waals surface area contributed by atoms with Crippen molar-refractivity contribution in [3.8, 4) is 0 Å². The van der Waals surface area contributed by atoms with E-state index in [1.807, 2.05) is 45.0 Å². The van der Waals surface area contributed by atoms with Crippen LogP contribution in [0.2, 0.25) is 5.02 Å². The summed E-state index contributed by atoms with van der Waals surface area (Å²) in [6.07, 6.45) is 0. The molecule has 0 heterocycles. The summed E-state index contributed by atoms with van der Waals surface area (Å²) in [5, 5.41) is 2.56. The summed E-state index contributed by atoms with van der Waals surface area (Å²) in [6, 6.07) is 17.7. The third-order valence-corrected chi connectivity index (χ3v) is 8.17. The largest absolute Gasteiger partial charge is 0.354 e. The zero-order valence-corrected chi connectivity index (χ0v) is 24.0. The predicted molar refractivity (Wildman–Crippen MR) is 151 cm³/mol. The second kappa shape index (κ2) is 13.1. The fraction of sp³-hybridized carbons (Fsp3) is 0.310. The molecule has 0 aromatic heterocycles. The molecular formula is C29H33ClFN3O4S. The van der Waals surface area contributed by atoms with Crippen LogP contribution in [0.15, 0.2) is 77.7 Å². The smallest absolute Gasteiger partial charge is 0.264 e. The van der Waals surface area contributed by atoms with Gasteiger partial charge in [0.2, 0.25) is 11.8 Å². The van der Waals surface area contributed by atoms with Gasteiger partial charge in [0.05, 0.1) is 15.6 Å². The number of rotatable bonds is 11. The maximum Gasteiger partial charge on any atom is 0.264 e. The van der Waals surface area contributed by atoms with Crippen LogP contribution < -0.4 is 9.62 Å². The highest BCUT2D eigenvalue weighted by Crippen LogP contribution is 2.28. The van der Waals surface area contributed by atoms with Gasteiger partial charge >= 0.3 is 0 Å². The first-order valence-electron chi connectivity index (χ1n) is 12.6. The second-order valence-corrected chi connectivity index (χ2v) is 12.0. The van der Waals surface area contributed by atoms with E-state index in [0.717, 1.165) is 27.6 Å². The van der Waals surface area contributed by atoms with Gasteiger partial charge in [-0.1, -0.05) is 73.5 Å². The van der Waals surface area contributed by atoms with Gasteiger partial charge in [-0.05, 0) is 55.7 Å². The molecule has 0 fully saturated rings.